The summed E-state index contributed by atoms with van der Waals surface area (Å²) in [7, 11) is 2.03. The van der Waals surface area contributed by atoms with Crippen LogP contribution in [0.1, 0.15) is 12.8 Å². The molecule has 0 unspecified atom stereocenters. The summed E-state index contributed by atoms with van der Waals surface area (Å²) in [6.45, 7) is 3.35. The van der Waals surface area contributed by atoms with Crippen molar-refractivity contribution in [2.45, 2.75) is 17.9 Å². The molecule has 1 aliphatic rings. The number of nitrogens with zero attached hydrogens (tertiary/aromatic N) is 3. The molecule has 0 bridgehead atoms. The normalized spacial score (nSPS) is 17.4. The van der Waals surface area contributed by atoms with Crippen LogP contribution in [0.2, 0.25) is 0 Å². The quantitative estimate of drug-likeness (QED) is 0.651. The van der Waals surface area contributed by atoms with Gasteiger partial charge in [-0.2, -0.15) is 0 Å². The van der Waals surface area contributed by atoms with Crippen molar-refractivity contribution in [2.24, 2.45) is 5.92 Å². The number of hydrogen-bond donors (Lipinski definition) is 1. The van der Waals surface area contributed by atoms with E-state index in [1.807, 2.05) is 13.3 Å². The minimum Gasteiger partial charge on any atom is -0.356 e. The number of aromatic nitrogens is 2. The van der Waals surface area contributed by atoms with Crippen LogP contribution < -0.4 is 10.2 Å². The van der Waals surface area contributed by atoms with Gasteiger partial charge < -0.3 is 10.2 Å². The molecule has 1 aromatic heterocycles. The van der Waals surface area contributed by atoms with Gasteiger partial charge in [-0.05, 0) is 38.6 Å². The van der Waals surface area contributed by atoms with Gasteiger partial charge in [0.2, 0.25) is 0 Å². The van der Waals surface area contributed by atoms with Crippen LogP contribution in [0.5, 0.6) is 0 Å². The monoisotopic (exact) mass is 252 g/mol. The maximum Gasteiger partial charge on any atom is 0.133 e. The van der Waals surface area contributed by atoms with Crippen molar-refractivity contribution in [3.05, 3.63) is 12.4 Å². The number of hydrogen-bond acceptors (Lipinski definition) is 5. The van der Waals surface area contributed by atoms with Gasteiger partial charge in [0.05, 0.1) is 0 Å². The molecule has 0 spiro atoms. The van der Waals surface area contributed by atoms with Crippen molar-refractivity contribution in [3.8, 4) is 0 Å². The van der Waals surface area contributed by atoms with Crippen molar-refractivity contribution in [2.75, 3.05) is 37.8 Å². The van der Waals surface area contributed by atoms with Crippen molar-refractivity contribution < 1.29 is 0 Å². The lowest BCUT2D eigenvalue weighted by Gasteiger charge is -2.32. The van der Waals surface area contributed by atoms with Gasteiger partial charge >= 0.3 is 0 Å². The van der Waals surface area contributed by atoms with Crippen molar-refractivity contribution >= 4 is 17.6 Å². The lowest BCUT2D eigenvalue weighted by atomic mass is 9.97. The first kappa shape index (κ1) is 12.6. The predicted molar refractivity (Wildman–Crippen MR) is 72.7 cm³/mol. The molecule has 2 heterocycles. The first-order valence-electron chi connectivity index (χ1n) is 6.09. The highest BCUT2D eigenvalue weighted by Crippen LogP contribution is 2.23. The lowest BCUT2D eigenvalue weighted by molar-refractivity contribution is 0.392. The summed E-state index contributed by atoms with van der Waals surface area (Å²) in [6.07, 6.45) is 6.21. The topological polar surface area (TPSA) is 41.0 Å². The van der Waals surface area contributed by atoms with Crippen LogP contribution >= 0.6 is 11.8 Å². The van der Waals surface area contributed by atoms with Crippen LogP contribution in [0.3, 0.4) is 0 Å². The summed E-state index contributed by atoms with van der Waals surface area (Å²) >= 11 is 1.67. The Morgan fingerprint density at radius 3 is 2.82 bits per heavy atom. The fourth-order valence-corrected chi connectivity index (χ4v) is 2.65. The summed E-state index contributed by atoms with van der Waals surface area (Å²) in [5, 5.41) is 4.31. The number of piperidine rings is 1. The zero-order valence-electron chi connectivity index (χ0n) is 10.5. The van der Waals surface area contributed by atoms with Crippen LogP contribution in [0.15, 0.2) is 17.4 Å². The summed E-state index contributed by atoms with van der Waals surface area (Å²) in [4.78, 5) is 10.9. The molecular weight excluding hydrogens is 232 g/mol. The van der Waals surface area contributed by atoms with Gasteiger partial charge in [0.1, 0.15) is 17.2 Å². The number of rotatable bonds is 4. The van der Waals surface area contributed by atoms with Gasteiger partial charge in [0.15, 0.2) is 0 Å². The Bertz CT molecular complexity index is 350. The smallest absolute Gasteiger partial charge is 0.133 e. The third-order valence-corrected chi connectivity index (χ3v) is 3.91. The van der Waals surface area contributed by atoms with E-state index in [9.17, 15) is 0 Å². The van der Waals surface area contributed by atoms with Gasteiger partial charge in [0, 0.05) is 19.2 Å². The molecule has 5 heteroatoms. The predicted octanol–water partition coefficient (Wildman–Crippen LogP) is 1.63. The minimum atomic E-state index is 0.818. The molecule has 0 atom stereocenters. The number of thioether (sulfide) groups is 1. The molecule has 1 aromatic rings. The van der Waals surface area contributed by atoms with Crippen molar-refractivity contribution in [3.63, 3.8) is 0 Å². The van der Waals surface area contributed by atoms with E-state index < -0.39 is 0 Å². The van der Waals surface area contributed by atoms with E-state index >= 15 is 0 Å². The average Bonchev–Trinajstić information content (AvgIpc) is 2.40. The molecule has 1 aliphatic heterocycles. The van der Waals surface area contributed by atoms with E-state index in [0.29, 0.717) is 0 Å². The Labute approximate surface area is 107 Å². The summed E-state index contributed by atoms with van der Waals surface area (Å²) < 4.78 is 0. The van der Waals surface area contributed by atoms with E-state index in [4.69, 9.17) is 0 Å². The second-order valence-electron chi connectivity index (χ2n) is 4.41. The Morgan fingerprint density at radius 2 is 2.18 bits per heavy atom. The van der Waals surface area contributed by atoms with Crippen LogP contribution in [-0.2, 0) is 0 Å². The Hall–Kier alpha value is -0.810. The number of nitrogens with one attached hydrogen (secondary N) is 1. The molecule has 0 aliphatic carbocycles. The van der Waals surface area contributed by atoms with Crippen LogP contribution in [0.25, 0.3) is 0 Å². The fraction of sp³-hybridized carbons (Fsp3) is 0.667. The van der Waals surface area contributed by atoms with E-state index in [1.165, 1.54) is 12.8 Å². The molecule has 17 heavy (non-hydrogen) atoms. The van der Waals surface area contributed by atoms with Crippen LogP contribution in [-0.4, -0.2) is 42.9 Å². The van der Waals surface area contributed by atoms with Gasteiger partial charge in [0.25, 0.3) is 0 Å². The average molecular weight is 252 g/mol. The fourth-order valence-electron chi connectivity index (χ4n) is 2.27. The molecule has 1 saturated heterocycles. The molecule has 0 saturated carbocycles. The summed E-state index contributed by atoms with van der Waals surface area (Å²) in [5.74, 6) is 1.89. The van der Waals surface area contributed by atoms with Gasteiger partial charge in [-0.25, -0.2) is 9.97 Å². The second kappa shape index (κ2) is 6.21. The van der Waals surface area contributed by atoms with Gasteiger partial charge in [-0.15, -0.1) is 11.8 Å². The summed E-state index contributed by atoms with van der Waals surface area (Å²) in [6, 6.07) is 2.09. The summed E-state index contributed by atoms with van der Waals surface area (Å²) in [5.41, 5.74) is 0. The molecule has 4 nitrogen and oxygen atoms in total. The van der Waals surface area contributed by atoms with Crippen molar-refractivity contribution in [1.29, 1.82) is 0 Å². The Morgan fingerprint density at radius 1 is 1.41 bits per heavy atom. The maximum absolute atomic E-state index is 4.37. The molecule has 1 N–H and O–H groups in total. The highest BCUT2D eigenvalue weighted by Gasteiger charge is 2.19. The molecule has 0 amide bonds. The highest BCUT2D eigenvalue weighted by atomic mass is 32.2. The largest absolute Gasteiger partial charge is 0.356 e. The molecular formula is C12H20N4S. The molecule has 1 fully saturated rings. The van der Waals surface area contributed by atoms with Gasteiger partial charge in [-0.1, -0.05) is 0 Å². The maximum atomic E-state index is 4.37. The lowest BCUT2D eigenvalue weighted by Crippen LogP contribution is -2.37. The Balaban J connectivity index is 1.95. The second-order valence-corrected chi connectivity index (χ2v) is 5.23. The molecule has 94 valence electrons. The van der Waals surface area contributed by atoms with Crippen LogP contribution in [0.4, 0.5) is 5.82 Å². The third-order valence-electron chi connectivity index (χ3n) is 3.27. The molecule has 0 aromatic carbocycles. The SMILES string of the molecule is CNCC1CCN(c2cc(SC)ncn2)CC1. The first-order valence-corrected chi connectivity index (χ1v) is 7.31. The first-order chi connectivity index (χ1) is 8.33. The zero-order valence-corrected chi connectivity index (χ0v) is 11.3. The standard InChI is InChI=1S/C12H20N4S/c1-13-8-10-3-5-16(6-4-10)11-7-12(17-2)15-9-14-11/h7,9-10,13H,3-6,8H2,1-2H3. The van der Waals surface area contributed by atoms with Crippen molar-refractivity contribution in [1.82, 2.24) is 15.3 Å². The third kappa shape index (κ3) is 3.33. The molecule has 0 radical (unpaired) electrons. The Kier molecular flexibility index (Phi) is 4.62. The van der Waals surface area contributed by atoms with E-state index in [-0.39, 0.29) is 0 Å². The number of anilines is 1. The van der Waals surface area contributed by atoms with Gasteiger partial charge in [-0.3, -0.25) is 0 Å². The van der Waals surface area contributed by atoms with E-state index in [1.54, 1.807) is 18.1 Å². The minimum absolute atomic E-state index is 0.818. The molecule has 2 rings (SSSR count). The zero-order chi connectivity index (χ0) is 12.1. The van der Waals surface area contributed by atoms with E-state index in [2.05, 4.69) is 26.3 Å². The van der Waals surface area contributed by atoms with E-state index in [0.717, 1.165) is 36.4 Å². The van der Waals surface area contributed by atoms with Crippen LogP contribution in [0, 0.1) is 5.92 Å². The highest BCUT2D eigenvalue weighted by molar-refractivity contribution is 7.98.